The molecule has 0 aromatic carbocycles. The van der Waals surface area contributed by atoms with E-state index in [1.807, 2.05) is 0 Å². The second-order valence-electron chi connectivity index (χ2n) is 6.06. The molecule has 0 aromatic rings. The number of allylic oxidation sites excluding steroid dienone is 1. The smallest absolute Gasteiger partial charge is 0.191 e. The highest BCUT2D eigenvalue weighted by molar-refractivity contribution is 5.79. The van der Waals surface area contributed by atoms with Gasteiger partial charge in [-0.2, -0.15) is 0 Å². The lowest BCUT2D eigenvalue weighted by molar-refractivity contribution is -0.0236. The molecule has 2 aliphatic rings. The highest BCUT2D eigenvalue weighted by atomic mass is 16.3. The molecular formula is C16H29N3O. The summed E-state index contributed by atoms with van der Waals surface area (Å²) < 4.78 is 0. The van der Waals surface area contributed by atoms with Crippen LogP contribution in [0.2, 0.25) is 0 Å². The molecule has 4 nitrogen and oxygen atoms in total. The third-order valence-corrected chi connectivity index (χ3v) is 4.28. The molecule has 0 aliphatic heterocycles. The number of aliphatic imine (C=N–C) groups is 1. The van der Waals surface area contributed by atoms with Crippen molar-refractivity contribution in [1.82, 2.24) is 10.6 Å². The van der Waals surface area contributed by atoms with Crippen molar-refractivity contribution in [3.8, 4) is 0 Å². The first kappa shape index (κ1) is 15.4. The van der Waals surface area contributed by atoms with E-state index in [1.165, 1.54) is 25.7 Å². The molecule has 3 N–H and O–H groups in total. The van der Waals surface area contributed by atoms with Gasteiger partial charge in [0.05, 0.1) is 12.1 Å². The van der Waals surface area contributed by atoms with Crippen molar-refractivity contribution in [1.29, 1.82) is 0 Å². The minimum Gasteiger partial charge on any atom is -0.388 e. The fourth-order valence-electron chi connectivity index (χ4n) is 2.78. The Balaban J connectivity index is 1.73. The summed E-state index contributed by atoms with van der Waals surface area (Å²) in [5, 5.41) is 16.7. The maximum atomic E-state index is 10.1. The van der Waals surface area contributed by atoms with Crippen molar-refractivity contribution in [2.75, 3.05) is 19.6 Å². The molecule has 114 valence electrons. The summed E-state index contributed by atoms with van der Waals surface area (Å²) in [4.78, 5) is 4.51. The fraction of sp³-hybridized carbons (Fsp3) is 0.812. The van der Waals surface area contributed by atoms with Crippen LogP contribution < -0.4 is 10.6 Å². The van der Waals surface area contributed by atoms with E-state index in [1.54, 1.807) is 5.57 Å². The van der Waals surface area contributed by atoms with E-state index in [9.17, 15) is 5.11 Å². The van der Waals surface area contributed by atoms with Gasteiger partial charge in [-0.15, -0.1) is 0 Å². The van der Waals surface area contributed by atoms with Crippen LogP contribution in [-0.4, -0.2) is 36.3 Å². The fourth-order valence-corrected chi connectivity index (χ4v) is 2.78. The van der Waals surface area contributed by atoms with Crippen molar-refractivity contribution in [3.63, 3.8) is 0 Å². The van der Waals surface area contributed by atoms with Crippen molar-refractivity contribution in [2.24, 2.45) is 4.99 Å². The topological polar surface area (TPSA) is 56.7 Å². The van der Waals surface area contributed by atoms with Crippen molar-refractivity contribution >= 4 is 5.96 Å². The van der Waals surface area contributed by atoms with Crippen molar-refractivity contribution in [2.45, 2.75) is 63.9 Å². The van der Waals surface area contributed by atoms with Crippen LogP contribution in [0.1, 0.15) is 58.3 Å². The van der Waals surface area contributed by atoms with Crippen LogP contribution in [0, 0.1) is 0 Å². The number of guanidine groups is 1. The lowest BCUT2D eigenvalue weighted by atomic mass is 9.80. The van der Waals surface area contributed by atoms with Gasteiger partial charge < -0.3 is 15.7 Å². The first-order chi connectivity index (χ1) is 9.72. The van der Waals surface area contributed by atoms with E-state index in [0.717, 1.165) is 44.7 Å². The van der Waals surface area contributed by atoms with Gasteiger partial charge in [0.25, 0.3) is 0 Å². The molecule has 0 aromatic heterocycles. The summed E-state index contributed by atoms with van der Waals surface area (Å²) in [7, 11) is 0. The van der Waals surface area contributed by atoms with E-state index in [0.29, 0.717) is 6.54 Å². The monoisotopic (exact) mass is 279 g/mol. The van der Waals surface area contributed by atoms with Crippen LogP contribution in [0.4, 0.5) is 0 Å². The van der Waals surface area contributed by atoms with Crippen LogP contribution >= 0.6 is 0 Å². The molecule has 4 heteroatoms. The van der Waals surface area contributed by atoms with Gasteiger partial charge in [0, 0.05) is 13.1 Å². The Morgan fingerprint density at radius 2 is 2.15 bits per heavy atom. The second-order valence-corrected chi connectivity index (χ2v) is 6.06. The predicted octanol–water partition coefficient (Wildman–Crippen LogP) is 2.35. The van der Waals surface area contributed by atoms with Crippen LogP contribution in [0.5, 0.6) is 0 Å². The largest absolute Gasteiger partial charge is 0.388 e. The zero-order valence-electron chi connectivity index (χ0n) is 12.7. The normalized spacial score (nSPS) is 21.9. The molecule has 0 atom stereocenters. The predicted molar refractivity (Wildman–Crippen MR) is 84.0 cm³/mol. The molecule has 0 saturated heterocycles. The van der Waals surface area contributed by atoms with Gasteiger partial charge in [-0.1, -0.05) is 11.6 Å². The highest BCUT2D eigenvalue weighted by Gasteiger charge is 2.34. The van der Waals surface area contributed by atoms with E-state index in [2.05, 4.69) is 28.6 Å². The number of aliphatic hydroxyl groups is 1. The van der Waals surface area contributed by atoms with E-state index >= 15 is 0 Å². The van der Waals surface area contributed by atoms with Gasteiger partial charge in [0.2, 0.25) is 0 Å². The summed E-state index contributed by atoms with van der Waals surface area (Å²) in [6.07, 6.45) is 11.6. The van der Waals surface area contributed by atoms with Gasteiger partial charge >= 0.3 is 0 Å². The lowest BCUT2D eigenvalue weighted by Gasteiger charge is -2.35. The molecule has 2 rings (SSSR count). The van der Waals surface area contributed by atoms with E-state index < -0.39 is 5.60 Å². The summed E-state index contributed by atoms with van der Waals surface area (Å²) in [5.74, 6) is 0.837. The van der Waals surface area contributed by atoms with Gasteiger partial charge in [0.1, 0.15) is 0 Å². The number of nitrogens with one attached hydrogen (secondary N) is 2. The maximum absolute atomic E-state index is 10.1. The Kier molecular flexibility index (Phi) is 5.89. The van der Waals surface area contributed by atoms with E-state index in [-0.39, 0.29) is 0 Å². The SMILES string of the molecule is CCNC(=NCC1(O)CCC1)NCCC1=CCCCC1. The molecule has 0 spiro atoms. The van der Waals surface area contributed by atoms with Crippen LogP contribution in [0.3, 0.4) is 0 Å². The Hall–Kier alpha value is -1.03. The molecule has 0 bridgehead atoms. The number of nitrogens with zero attached hydrogens (tertiary/aromatic N) is 1. The molecule has 0 amide bonds. The first-order valence-corrected chi connectivity index (χ1v) is 8.14. The van der Waals surface area contributed by atoms with Gasteiger partial charge in [-0.3, -0.25) is 4.99 Å². The Morgan fingerprint density at radius 3 is 2.75 bits per heavy atom. The van der Waals surface area contributed by atoms with Crippen LogP contribution in [0.25, 0.3) is 0 Å². The summed E-state index contributed by atoms with van der Waals surface area (Å²) >= 11 is 0. The Morgan fingerprint density at radius 1 is 1.30 bits per heavy atom. The minimum atomic E-state index is -0.533. The average Bonchev–Trinajstić information content (AvgIpc) is 2.44. The summed E-state index contributed by atoms with van der Waals surface area (Å²) in [6.45, 7) is 4.37. The zero-order valence-corrected chi connectivity index (χ0v) is 12.7. The average molecular weight is 279 g/mol. The minimum absolute atomic E-state index is 0.519. The molecule has 0 heterocycles. The van der Waals surface area contributed by atoms with Gasteiger partial charge in [0.15, 0.2) is 5.96 Å². The third kappa shape index (κ3) is 4.82. The second kappa shape index (κ2) is 7.67. The molecule has 0 unspecified atom stereocenters. The maximum Gasteiger partial charge on any atom is 0.191 e. The molecule has 1 saturated carbocycles. The first-order valence-electron chi connectivity index (χ1n) is 8.14. The zero-order chi connectivity index (χ0) is 14.3. The molecular weight excluding hydrogens is 250 g/mol. The third-order valence-electron chi connectivity index (χ3n) is 4.28. The van der Waals surface area contributed by atoms with Crippen LogP contribution in [0.15, 0.2) is 16.6 Å². The molecule has 2 aliphatic carbocycles. The number of hydrogen-bond donors (Lipinski definition) is 3. The Labute approximate surface area is 122 Å². The van der Waals surface area contributed by atoms with Gasteiger partial charge in [-0.25, -0.2) is 0 Å². The highest BCUT2D eigenvalue weighted by Crippen LogP contribution is 2.31. The standard InChI is InChI=1S/C16H29N3O/c1-2-17-15(19-13-16(20)10-6-11-16)18-12-9-14-7-4-3-5-8-14/h7,20H,2-6,8-13H2,1H3,(H2,17,18,19). The Bertz CT molecular complexity index is 359. The van der Waals surface area contributed by atoms with E-state index in [4.69, 9.17) is 0 Å². The number of hydrogen-bond acceptors (Lipinski definition) is 2. The summed E-state index contributed by atoms with van der Waals surface area (Å²) in [5.41, 5.74) is 1.05. The molecule has 20 heavy (non-hydrogen) atoms. The molecule has 0 radical (unpaired) electrons. The number of rotatable bonds is 6. The lowest BCUT2D eigenvalue weighted by Crippen LogP contribution is -2.43. The summed E-state index contributed by atoms with van der Waals surface area (Å²) in [6, 6.07) is 0. The molecule has 1 fully saturated rings. The van der Waals surface area contributed by atoms with Crippen molar-refractivity contribution in [3.05, 3.63) is 11.6 Å². The van der Waals surface area contributed by atoms with Crippen LogP contribution in [-0.2, 0) is 0 Å². The van der Waals surface area contributed by atoms with Crippen molar-refractivity contribution < 1.29 is 5.11 Å². The quantitative estimate of drug-likeness (QED) is 0.397. The van der Waals surface area contributed by atoms with Gasteiger partial charge in [-0.05, 0) is 58.3 Å².